The third kappa shape index (κ3) is 4.06. The molecule has 6 heteroatoms. The molecule has 0 unspecified atom stereocenters. The third-order valence-electron chi connectivity index (χ3n) is 4.24. The number of carbonyl (C=O) groups is 1. The van der Waals surface area contributed by atoms with Crippen LogP contribution in [0.5, 0.6) is 5.75 Å². The highest BCUT2D eigenvalue weighted by atomic mass is 16.5. The van der Waals surface area contributed by atoms with Crippen molar-refractivity contribution in [3.05, 3.63) is 23.9 Å². The van der Waals surface area contributed by atoms with E-state index in [1.807, 2.05) is 39.0 Å². The maximum atomic E-state index is 12.1. The van der Waals surface area contributed by atoms with E-state index in [2.05, 4.69) is 10.2 Å². The lowest BCUT2D eigenvalue weighted by molar-refractivity contribution is -0.138. The normalized spacial score (nSPS) is 13.1. The van der Waals surface area contributed by atoms with Crippen molar-refractivity contribution >= 4 is 16.8 Å². The topological polar surface area (TPSA) is 78.5 Å². The van der Waals surface area contributed by atoms with E-state index >= 15 is 0 Å². The first-order valence-electron chi connectivity index (χ1n) is 8.18. The molecule has 2 N–H and O–H groups in total. The van der Waals surface area contributed by atoms with Crippen molar-refractivity contribution < 1.29 is 14.6 Å². The van der Waals surface area contributed by atoms with Crippen molar-refractivity contribution in [3.8, 4) is 5.75 Å². The Morgan fingerprint density at radius 1 is 1.42 bits per heavy atom. The minimum atomic E-state index is -0.623. The zero-order valence-electron chi connectivity index (χ0n) is 15.1. The van der Waals surface area contributed by atoms with Gasteiger partial charge in [0.05, 0.1) is 17.0 Å². The molecular weight excluding hydrogens is 306 g/mol. The van der Waals surface area contributed by atoms with Crippen molar-refractivity contribution in [3.63, 3.8) is 0 Å². The molecule has 24 heavy (non-hydrogen) atoms. The van der Waals surface area contributed by atoms with Gasteiger partial charge in [-0.25, -0.2) is 0 Å². The van der Waals surface area contributed by atoms with Crippen LogP contribution >= 0.6 is 0 Å². The summed E-state index contributed by atoms with van der Waals surface area (Å²) in [4.78, 5) is 13.7. The van der Waals surface area contributed by atoms with Crippen LogP contribution in [0.2, 0.25) is 0 Å². The minimum Gasteiger partial charge on any atom is -0.490 e. The van der Waals surface area contributed by atoms with Crippen molar-refractivity contribution in [2.45, 2.75) is 39.7 Å². The number of hydrogen-bond acceptors (Lipinski definition) is 4. The smallest absolute Gasteiger partial charge is 0.227 e. The molecule has 0 aliphatic heterocycles. The number of aliphatic hydroxyl groups excluding tert-OH is 1. The Bertz CT molecular complexity index is 707. The second-order valence-electron chi connectivity index (χ2n) is 7.09. The van der Waals surface area contributed by atoms with Crippen molar-refractivity contribution in [1.29, 1.82) is 0 Å². The van der Waals surface area contributed by atoms with Gasteiger partial charge in [-0.1, -0.05) is 19.9 Å². The molecule has 1 heterocycles. The Morgan fingerprint density at radius 2 is 2.12 bits per heavy atom. The largest absolute Gasteiger partial charge is 0.490 e. The van der Waals surface area contributed by atoms with Crippen LogP contribution in [0.1, 0.15) is 32.4 Å². The van der Waals surface area contributed by atoms with Gasteiger partial charge >= 0.3 is 0 Å². The van der Waals surface area contributed by atoms with Crippen LogP contribution in [-0.4, -0.2) is 52.9 Å². The highest BCUT2D eigenvalue weighted by Crippen LogP contribution is 2.28. The van der Waals surface area contributed by atoms with Gasteiger partial charge in [0.15, 0.2) is 0 Å². The molecule has 0 saturated carbocycles. The lowest BCUT2D eigenvalue weighted by Crippen LogP contribution is -2.36. The molecule has 0 radical (unpaired) electrons. The van der Waals surface area contributed by atoms with Crippen LogP contribution in [0.3, 0.4) is 0 Å². The van der Waals surface area contributed by atoms with E-state index < -0.39 is 11.5 Å². The number of H-pyrrole nitrogens is 1. The molecule has 1 atom stereocenters. The summed E-state index contributed by atoms with van der Waals surface area (Å²) in [6, 6.07) is 5.66. The summed E-state index contributed by atoms with van der Waals surface area (Å²) >= 11 is 0. The second kappa shape index (κ2) is 7.21. The number of hydrogen-bond donors (Lipinski definition) is 2. The van der Waals surface area contributed by atoms with Gasteiger partial charge in [0, 0.05) is 25.2 Å². The van der Waals surface area contributed by atoms with Crippen LogP contribution in [-0.2, 0) is 4.79 Å². The number of aliphatic hydroxyl groups is 1. The first kappa shape index (κ1) is 18.3. The average molecular weight is 333 g/mol. The van der Waals surface area contributed by atoms with Crippen LogP contribution < -0.4 is 4.74 Å². The number of nitrogens with one attached hydrogen (secondary N) is 1. The molecule has 6 nitrogen and oxygen atoms in total. The first-order valence-corrected chi connectivity index (χ1v) is 8.18. The highest BCUT2D eigenvalue weighted by Gasteiger charge is 2.29. The van der Waals surface area contributed by atoms with Crippen LogP contribution in [0.4, 0.5) is 0 Å². The lowest BCUT2D eigenvalue weighted by Gasteiger charge is -2.27. The molecule has 1 aromatic carbocycles. The third-order valence-corrected chi connectivity index (χ3v) is 4.24. The fraction of sp³-hybridized carbons (Fsp3) is 0.556. The summed E-state index contributed by atoms with van der Waals surface area (Å²) in [5, 5.41) is 18.3. The van der Waals surface area contributed by atoms with Crippen molar-refractivity contribution in [2.24, 2.45) is 5.41 Å². The molecular formula is C18H27N3O3. The summed E-state index contributed by atoms with van der Waals surface area (Å²) in [6.07, 6.45) is 0.484. The van der Waals surface area contributed by atoms with Crippen LogP contribution in [0.15, 0.2) is 18.2 Å². The van der Waals surface area contributed by atoms with E-state index in [1.165, 1.54) is 0 Å². The maximum Gasteiger partial charge on any atom is 0.227 e. The first-order chi connectivity index (χ1) is 11.2. The van der Waals surface area contributed by atoms with E-state index in [1.54, 1.807) is 19.0 Å². The molecule has 0 aliphatic carbocycles. The standard InChI is InChI=1S/C18H27N3O3/c1-12-16-14(20-19-12)7-6-8-15(16)24-11-13(22)9-10-18(2,3)17(23)21(4)5/h6-8,13,22H,9-11H2,1-5H3,(H,19,20)/t13-/m0/s1. The lowest BCUT2D eigenvalue weighted by atomic mass is 9.85. The van der Waals surface area contributed by atoms with Crippen LogP contribution in [0.25, 0.3) is 10.9 Å². The van der Waals surface area contributed by atoms with Crippen molar-refractivity contribution in [1.82, 2.24) is 15.1 Å². The van der Waals surface area contributed by atoms with E-state index in [4.69, 9.17) is 4.74 Å². The molecule has 0 aliphatic rings. The number of fused-ring (bicyclic) bond motifs is 1. The zero-order chi connectivity index (χ0) is 17.9. The van der Waals surface area contributed by atoms with E-state index in [0.29, 0.717) is 18.6 Å². The molecule has 1 amide bonds. The fourth-order valence-corrected chi connectivity index (χ4v) is 2.82. The second-order valence-corrected chi connectivity index (χ2v) is 7.09. The summed E-state index contributed by atoms with van der Waals surface area (Å²) in [6.45, 7) is 5.93. The molecule has 1 aromatic heterocycles. The van der Waals surface area contributed by atoms with Gasteiger partial charge in [0.2, 0.25) is 5.91 Å². The predicted molar refractivity (Wildman–Crippen MR) is 94.0 cm³/mol. The van der Waals surface area contributed by atoms with Gasteiger partial charge in [0.1, 0.15) is 12.4 Å². The summed E-state index contributed by atoms with van der Waals surface area (Å²) in [7, 11) is 3.50. The van der Waals surface area contributed by atoms with Gasteiger partial charge in [-0.05, 0) is 31.9 Å². The number of carbonyl (C=O) groups excluding carboxylic acids is 1. The van der Waals surface area contributed by atoms with Gasteiger partial charge in [0.25, 0.3) is 0 Å². The SMILES string of the molecule is Cc1[nH]nc2cccc(OC[C@@H](O)CCC(C)(C)C(=O)N(C)C)c12. The number of aryl methyl sites for hydroxylation is 1. The number of amides is 1. The number of nitrogens with zero attached hydrogens (tertiary/aromatic N) is 2. The summed E-state index contributed by atoms with van der Waals surface area (Å²) < 4.78 is 5.79. The Kier molecular flexibility index (Phi) is 5.49. The fourth-order valence-electron chi connectivity index (χ4n) is 2.82. The van der Waals surface area contributed by atoms with Gasteiger partial charge in [-0.15, -0.1) is 0 Å². The average Bonchev–Trinajstić information content (AvgIpc) is 2.92. The molecule has 0 fully saturated rings. The molecule has 0 bridgehead atoms. The predicted octanol–water partition coefficient (Wildman–Crippen LogP) is 2.51. The molecule has 132 valence electrons. The van der Waals surface area contributed by atoms with E-state index in [9.17, 15) is 9.90 Å². The van der Waals surface area contributed by atoms with Gasteiger partial charge in [-0.2, -0.15) is 5.10 Å². The quantitative estimate of drug-likeness (QED) is 0.816. The van der Waals surface area contributed by atoms with Crippen molar-refractivity contribution in [2.75, 3.05) is 20.7 Å². The number of aromatic nitrogens is 2. The molecule has 0 spiro atoms. The Balaban J connectivity index is 1.92. The number of ether oxygens (including phenoxy) is 1. The highest BCUT2D eigenvalue weighted by molar-refractivity contribution is 5.87. The monoisotopic (exact) mass is 333 g/mol. The minimum absolute atomic E-state index is 0.0643. The number of aromatic amines is 1. The molecule has 2 aromatic rings. The zero-order valence-corrected chi connectivity index (χ0v) is 15.1. The summed E-state index contributed by atoms with van der Waals surface area (Å²) in [5.41, 5.74) is 1.29. The van der Waals surface area contributed by atoms with Gasteiger partial charge in [-0.3, -0.25) is 9.89 Å². The maximum absolute atomic E-state index is 12.1. The Labute approximate surface area is 142 Å². The molecule has 0 saturated heterocycles. The summed E-state index contributed by atoms with van der Waals surface area (Å²) in [5.74, 6) is 0.774. The number of rotatable bonds is 7. The van der Waals surface area contributed by atoms with E-state index in [0.717, 1.165) is 16.6 Å². The number of benzene rings is 1. The Hall–Kier alpha value is -2.08. The molecule has 2 rings (SSSR count). The van der Waals surface area contributed by atoms with E-state index in [-0.39, 0.29) is 12.5 Å². The van der Waals surface area contributed by atoms with Gasteiger partial charge < -0.3 is 14.7 Å². The van der Waals surface area contributed by atoms with Crippen LogP contribution in [0, 0.1) is 12.3 Å². The Morgan fingerprint density at radius 3 is 2.79 bits per heavy atom.